The van der Waals surface area contributed by atoms with Crippen LogP contribution in [0.3, 0.4) is 0 Å². The monoisotopic (exact) mass is 192 g/mol. The van der Waals surface area contributed by atoms with E-state index in [-0.39, 0.29) is 0 Å². The van der Waals surface area contributed by atoms with Gasteiger partial charge in [-0.3, -0.25) is 0 Å². The maximum Gasteiger partial charge on any atom is 0.0480 e. The number of rotatable bonds is 2. The van der Waals surface area contributed by atoms with Crippen LogP contribution < -0.4 is 0 Å². The van der Waals surface area contributed by atoms with Crippen LogP contribution in [0.2, 0.25) is 25.7 Å². The summed E-state index contributed by atoms with van der Waals surface area (Å²) >= 11 is 3.24. The van der Waals surface area contributed by atoms with Gasteiger partial charge in [0.25, 0.3) is 0 Å². The van der Waals surface area contributed by atoms with E-state index in [2.05, 4.69) is 41.6 Å². The molecule has 48 valence electrons. The van der Waals surface area contributed by atoms with Gasteiger partial charge in [-0.1, -0.05) is 41.6 Å². The van der Waals surface area contributed by atoms with E-state index in [1.54, 1.807) is 0 Å². The van der Waals surface area contributed by atoms with Crippen molar-refractivity contribution in [2.75, 3.05) is 0 Å². The third-order valence-electron chi connectivity index (χ3n) is 0.819. The highest BCUT2D eigenvalue weighted by molar-refractivity contribution is 9.11. The van der Waals surface area contributed by atoms with Crippen molar-refractivity contribution >= 4 is 24.0 Å². The lowest BCUT2D eigenvalue weighted by Gasteiger charge is -2.10. The van der Waals surface area contributed by atoms with Crippen molar-refractivity contribution < 1.29 is 0 Å². The average Bonchev–Trinajstić information content (AvgIpc) is 1.59. The first-order chi connectivity index (χ1) is 3.56. The zero-order valence-corrected chi connectivity index (χ0v) is 8.33. The molecule has 0 bridgehead atoms. The molecule has 0 radical (unpaired) electrons. The van der Waals surface area contributed by atoms with Crippen molar-refractivity contribution in [2.45, 2.75) is 25.7 Å². The molecule has 0 unspecified atom stereocenters. The molecule has 0 atom stereocenters. The van der Waals surface area contributed by atoms with Crippen LogP contribution in [0.1, 0.15) is 0 Å². The Balaban J connectivity index is 3.39. The second-order valence-corrected chi connectivity index (χ2v) is 9.18. The minimum atomic E-state index is -0.795. The smallest absolute Gasteiger partial charge is 0.0480 e. The molecule has 0 aliphatic heterocycles. The molecule has 0 nitrogen and oxygen atoms in total. The fourth-order valence-electron chi connectivity index (χ4n) is 0.398. The van der Waals surface area contributed by atoms with Gasteiger partial charge in [-0.05, 0) is 11.0 Å². The summed E-state index contributed by atoms with van der Waals surface area (Å²) in [5, 5.41) is 0. The van der Waals surface area contributed by atoms with E-state index in [0.29, 0.717) is 0 Å². The summed E-state index contributed by atoms with van der Waals surface area (Å²) in [7, 11) is -0.795. The van der Waals surface area contributed by atoms with E-state index in [4.69, 9.17) is 0 Å². The molecule has 0 rings (SSSR count). The Hall–Kier alpha value is 0.437. The van der Waals surface area contributed by atoms with Crippen LogP contribution in [-0.4, -0.2) is 8.07 Å². The van der Waals surface area contributed by atoms with Crippen molar-refractivity contribution in [3.63, 3.8) is 0 Å². The molecular formula is C6H13BrSi. The summed E-state index contributed by atoms with van der Waals surface area (Å²) in [5.41, 5.74) is 0. The summed E-state index contributed by atoms with van der Waals surface area (Å²) in [6.45, 7) is 7.08. The molecule has 0 spiro atoms. The molecule has 2 heteroatoms. The van der Waals surface area contributed by atoms with Gasteiger partial charge in [-0.25, -0.2) is 0 Å². The van der Waals surface area contributed by atoms with Gasteiger partial charge >= 0.3 is 0 Å². The largest absolute Gasteiger partial charge is 0.0803 e. The molecule has 8 heavy (non-hydrogen) atoms. The molecule has 0 N–H and O–H groups in total. The number of hydrogen-bond donors (Lipinski definition) is 0. The van der Waals surface area contributed by atoms with Crippen molar-refractivity contribution in [3.8, 4) is 0 Å². The molecular weight excluding hydrogens is 180 g/mol. The summed E-state index contributed by atoms with van der Waals surface area (Å²) in [4.78, 5) is 1.95. The SMILES string of the molecule is C[Si](C)(C)CC=CBr. The Labute approximate surface area is 61.1 Å². The van der Waals surface area contributed by atoms with Gasteiger partial charge in [0, 0.05) is 8.07 Å². The minimum absolute atomic E-state index is 0.795. The van der Waals surface area contributed by atoms with E-state index in [9.17, 15) is 0 Å². The number of halogens is 1. The maximum absolute atomic E-state index is 3.24. The summed E-state index contributed by atoms with van der Waals surface area (Å²) < 4.78 is 0. The second-order valence-electron chi connectivity index (χ2n) is 3.13. The molecule has 0 saturated heterocycles. The minimum Gasteiger partial charge on any atom is -0.0803 e. The molecule has 0 aliphatic rings. The van der Waals surface area contributed by atoms with Crippen LogP contribution in [0.4, 0.5) is 0 Å². The Bertz CT molecular complexity index is 81.0. The van der Waals surface area contributed by atoms with Gasteiger partial charge in [0.1, 0.15) is 0 Å². The van der Waals surface area contributed by atoms with Gasteiger partial charge in [-0.15, -0.1) is 0 Å². The zero-order valence-electron chi connectivity index (χ0n) is 5.74. The highest BCUT2D eigenvalue weighted by Crippen LogP contribution is 2.08. The highest BCUT2D eigenvalue weighted by Gasteiger charge is 2.08. The Morgan fingerprint density at radius 1 is 1.38 bits per heavy atom. The molecule has 0 amide bonds. The lowest BCUT2D eigenvalue weighted by molar-refractivity contribution is 1.52. The molecule has 0 fully saturated rings. The van der Waals surface area contributed by atoms with Crippen molar-refractivity contribution in [1.82, 2.24) is 0 Å². The maximum atomic E-state index is 3.24. The topological polar surface area (TPSA) is 0 Å². The van der Waals surface area contributed by atoms with E-state index in [1.165, 1.54) is 6.04 Å². The standard InChI is InChI=1S/C6H13BrSi/c1-8(2,3)6-4-5-7/h4-5H,6H2,1-3H3. The Morgan fingerprint density at radius 3 is 2.00 bits per heavy atom. The molecule has 0 aliphatic carbocycles. The van der Waals surface area contributed by atoms with Crippen LogP contribution in [0.5, 0.6) is 0 Å². The van der Waals surface area contributed by atoms with Crippen LogP contribution in [-0.2, 0) is 0 Å². The van der Waals surface area contributed by atoms with E-state index >= 15 is 0 Å². The van der Waals surface area contributed by atoms with Crippen molar-refractivity contribution in [1.29, 1.82) is 0 Å². The first-order valence-corrected chi connectivity index (χ1v) is 7.44. The van der Waals surface area contributed by atoms with Gasteiger partial charge < -0.3 is 0 Å². The normalized spacial score (nSPS) is 13.0. The van der Waals surface area contributed by atoms with Gasteiger partial charge in [0.2, 0.25) is 0 Å². The molecule has 0 aromatic rings. The third kappa shape index (κ3) is 6.44. The van der Waals surface area contributed by atoms with Gasteiger partial charge in [0.05, 0.1) is 0 Å². The summed E-state index contributed by atoms with van der Waals surface area (Å²) in [6, 6.07) is 1.28. The van der Waals surface area contributed by atoms with Gasteiger partial charge in [-0.2, -0.15) is 0 Å². The lowest BCUT2D eigenvalue weighted by atomic mass is 10.8. The van der Waals surface area contributed by atoms with Crippen molar-refractivity contribution in [2.24, 2.45) is 0 Å². The first-order valence-electron chi connectivity index (χ1n) is 2.81. The van der Waals surface area contributed by atoms with Crippen LogP contribution >= 0.6 is 15.9 Å². The molecule has 0 aromatic heterocycles. The second kappa shape index (κ2) is 3.46. The predicted molar refractivity (Wildman–Crippen MR) is 46.2 cm³/mol. The summed E-state index contributed by atoms with van der Waals surface area (Å²) in [5.74, 6) is 0. The predicted octanol–water partition coefficient (Wildman–Crippen LogP) is 3.23. The fourth-order valence-corrected chi connectivity index (χ4v) is 1.76. The fraction of sp³-hybridized carbons (Fsp3) is 0.667. The van der Waals surface area contributed by atoms with Crippen LogP contribution in [0.25, 0.3) is 0 Å². The summed E-state index contributed by atoms with van der Waals surface area (Å²) in [6.07, 6.45) is 2.19. The third-order valence-corrected chi connectivity index (χ3v) is 2.65. The highest BCUT2D eigenvalue weighted by atomic mass is 79.9. The molecule has 0 aromatic carbocycles. The Kier molecular flexibility index (Phi) is 3.65. The van der Waals surface area contributed by atoms with Crippen LogP contribution in [0, 0.1) is 0 Å². The van der Waals surface area contributed by atoms with Crippen LogP contribution in [0.15, 0.2) is 11.1 Å². The van der Waals surface area contributed by atoms with E-state index < -0.39 is 8.07 Å². The lowest BCUT2D eigenvalue weighted by Crippen LogP contribution is -2.17. The van der Waals surface area contributed by atoms with E-state index in [1.807, 2.05) is 4.99 Å². The van der Waals surface area contributed by atoms with E-state index in [0.717, 1.165) is 0 Å². The number of allylic oxidation sites excluding steroid dienone is 1. The van der Waals surface area contributed by atoms with Crippen molar-refractivity contribution in [3.05, 3.63) is 11.1 Å². The first kappa shape index (κ1) is 8.44. The number of hydrogen-bond acceptors (Lipinski definition) is 0. The Morgan fingerprint density at radius 2 is 1.88 bits per heavy atom. The van der Waals surface area contributed by atoms with Gasteiger partial charge in [0.15, 0.2) is 0 Å². The quantitative estimate of drug-likeness (QED) is 0.590. The zero-order chi connectivity index (χ0) is 6.62. The average molecular weight is 193 g/mol. The molecule has 0 saturated carbocycles. The molecule has 0 heterocycles.